The third-order valence-corrected chi connectivity index (χ3v) is 4.00. The molecule has 0 amide bonds. The minimum absolute atomic E-state index is 0.277. The minimum Gasteiger partial charge on any atom is -0.391 e. The van der Waals surface area contributed by atoms with Gasteiger partial charge in [-0.2, -0.15) is 0 Å². The van der Waals surface area contributed by atoms with Crippen LogP contribution in [-0.2, 0) is 14.3 Å². The molecule has 1 aliphatic heterocycles. The Morgan fingerprint density at radius 1 is 1.12 bits per heavy atom. The Morgan fingerprint density at radius 2 is 1.71 bits per heavy atom. The van der Waals surface area contributed by atoms with Crippen LogP contribution >= 0.6 is 0 Å². The molecule has 0 N–H and O–H groups in total. The molecule has 4 heteroatoms. The molecule has 96 valence electrons. The lowest BCUT2D eigenvalue weighted by molar-refractivity contribution is -0.169. The summed E-state index contributed by atoms with van der Waals surface area (Å²) in [5.74, 6) is 0.416. The number of cyclic esters (lactones) is 2. The van der Waals surface area contributed by atoms with Crippen LogP contribution in [0.25, 0.3) is 0 Å². The lowest BCUT2D eigenvalue weighted by Crippen LogP contribution is -2.52. The lowest BCUT2D eigenvalue weighted by atomic mass is 9.77. The van der Waals surface area contributed by atoms with E-state index in [0.717, 1.165) is 6.42 Å². The van der Waals surface area contributed by atoms with Crippen LogP contribution in [0.15, 0.2) is 0 Å². The highest BCUT2D eigenvalue weighted by molar-refractivity contribution is 5.90. The predicted molar refractivity (Wildman–Crippen MR) is 63.3 cm³/mol. The molecule has 2 aliphatic rings. The second kappa shape index (κ2) is 5.17. The Labute approximate surface area is 102 Å². The zero-order valence-electron chi connectivity index (χ0n) is 10.6. The number of rotatable bonds is 2. The second-order valence-electron chi connectivity index (χ2n) is 5.51. The summed E-state index contributed by atoms with van der Waals surface area (Å²) in [6, 6.07) is 0.376. The molecule has 1 saturated heterocycles. The van der Waals surface area contributed by atoms with Crippen molar-refractivity contribution >= 4 is 11.9 Å². The van der Waals surface area contributed by atoms with Crippen LogP contribution in [0, 0.1) is 11.8 Å². The van der Waals surface area contributed by atoms with Gasteiger partial charge in [-0.3, -0.25) is 14.5 Å². The first kappa shape index (κ1) is 12.6. The maximum atomic E-state index is 11.3. The van der Waals surface area contributed by atoms with Crippen molar-refractivity contribution in [1.29, 1.82) is 0 Å². The van der Waals surface area contributed by atoms with Gasteiger partial charge in [0.05, 0.1) is 13.1 Å². The molecular formula is C13H21NO3. The van der Waals surface area contributed by atoms with Crippen LogP contribution in [0.1, 0.15) is 39.5 Å². The largest absolute Gasteiger partial charge is 0.391 e. The van der Waals surface area contributed by atoms with Crippen LogP contribution in [0.3, 0.4) is 0 Å². The average Bonchev–Trinajstić information content (AvgIpc) is 2.27. The van der Waals surface area contributed by atoms with Crippen molar-refractivity contribution in [2.45, 2.75) is 45.6 Å². The number of carbonyl (C=O) groups excluding carboxylic acids is 2. The third kappa shape index (κ3) is 2.86. The van der Waals surface area contributed by atoms with Crippen LogP contribution < -0.4 is 0 Å². The van der Waals surface area contributed by atoms with E-state index >= 15 is 0 Å². The van der Waals surface area contributed by atoms with Crippen molar-refractivity contribution in [2.24, 2.45) is 11.8 Å². The van der Waals surface area contributed by atoms with Gasteiger partial charge < -0.3 is 4.74 Å². The van der Waals surface area contributed by atoms with Crippen LogP contribution in [0.5, 0.6) is 0 Å². The first-order chi connectivity index (χ1) is 8.08. The lowest BCUT2D eigenvalue weighted by Gasteiger charge is -2.42. The first-order valence-electron chi connectivity index (χ1n) is 6.55. The molecule has 1 aliphatic carbocycles. The van der Waals surface area contributed by atoms with Crippen LogP contribution in [0.4, 0.5) is 0 Å². The Hall–Kier alpha value is -0.900. The summed E-state index contributed by atoms with van der Waals surface area (Å²) < 4.78 is 4.58. The van der Waals surface area contributed by atoms with Gasteiger partial charge in [-0.25, -0.2) is 0 Å². The quantitative estimate of drug-likeness (QED) is 0.542. The topological polar surface area (TPSA) is 46.6 Å². The molecule has 2 rings (SSSR count). The molecule has 2 unspecified atom stereocenters. The van der Waals surface area contributed by atoms with E-state index in [1.54, 1.807) is 0 Å². The number of hydrogen-bond donors (Lipinski definition) is 0. The van der Waals surface area contributed by atoms with Crippen molar-refractivity contribution < 1.29 is 14.3 Å². The van der Waals surface area contributed by atoms with E-state index in [1.165, 1.54) is 19.3 Å². The van der Waals surface area contributed by atoms with E-state index in [-0.39, 0.29) is 13.1 Å². The van der Waals surface area contributed by atoms with Crippen molar-refractivity contribution in [3.8, 4) is 0 Å². The molecule has 4 nitrogen and oxygen atoms in total. The number of carbonyl (C=O) groups is 2. The molecular weight excluding hydrogens is 218 g/mol. The predicted octanol–water partition coefficient (Wildman–Crippen LogP) is 1.59. The summed E-state index contributed by atoms with van der Waals surface area (Å²) in [5, 5.41) is 0. The minimum atomic E-state index is -0.394. The number of nitrogens with zero attached hydrogens (tertiary/aromatic N) is 1. The molecule has 17 heavy (non-hydrogen) atoms. The SMILES string of the molecule is CC(C)C1CCCCC1N1CC(=O)OC(=O)C1. The second-order valence-corrected chi connectivity index (χ2v) is 5.51. The standard InChI is InChI=1S/C13H21NO3/c1-9(2)10-5-3-4-6-11(10)14-7-12(15)17-13(16)8-14/h9-11H,3-8H2,1-2H3. The average molecular weight is 239 g/mol. The molecule has 1 heterocycles. The van der Waals surface area contributed by atoms with E-state index in [0.29, 0.717) is 17.9 Å². The van der Waals surface area contributed by atoms with Gasteiger partial charge in [0.1, 0.15) is 0 Å². The van der Waals surface area contributed by atoms with Gasteiger partial charge in [-0.15, -0.1) is 0 Å². The molecule has 0 aromatic carbocycles. The Bertz CT molecular complexity index is 298. The summed E-state index contributed by atoms with van der Waals surface area (Å²) in [5.41, 5.74) is 0. The third-order valence-electron chi connectivity index (χ3n) is 4.00. The smallest absolute Gasteiger partial charge is 0.327 e. The molecule has 0 aromatic rings. The Kier molecular flexibility index (Phi) is 3.82. The van der Waals surface area contributed by atoms with Gasteiger partial charge in [-0.1, -0.05) is 26.7 Å². The molecule has 0 aromatic heterocycles. The van der Waals surface area contributed by atoms with Gasteiger partial charge in [0.15, 0.2) is 0 Å². The Balaban J connectivity index is 2.07. The van der Waals surface area contributed by atoms with Crippen molar-refractivity contribution in [1.82, 2.24) is 4.90 Å². The number of esters is 2. The molecule has 2 atom stereocenters. The first-order valence-corrected chi connectivity index (χ1v) is 6.55. The van der Waals surface area contributed by atoms with Crippen molar-refractivity contribution in [3.63, 3.8) is 0 Å². The van der Waals surface area contributed by atoms with E-state index in [9.17, 15) is 9.59 Å². The molecule has 0 bridgehead atoms. The van der Waals surface area contributed by atoms with Gasteiger partial charge in [-0.05, 0) is 24.7 Å². The number of morpholine rings is 1. The zero-order chi connectivity index (χ0) is 12.4. The highest BCUT2D eigenvalue weighted by atomic mass is 16.6. The van der Waals surface area contributed by atoms with Crippen molar-refractivity contribution in [2.75, 3.05) is 13.1 Å². The fourth-order valence-corrected chi connectivity index (χ4v) is 3.18. The Morgan fingerprint density at radius 3 is 2.29 bits per heavy atom. The van der Waals surface area contributed by atoms with Gasteiger partial charge in [0.25, 0.3) is 0 Å². The summed E-state index contributed by atoms with van der Waals surface area (Å²) in [4.78, 5) is 24.7. The van der Waals surface area contributed by atoms with E-state index < -0.39 is 11.9 Å². The summed E-state index contributed by atoms with van der Waals surface area (Å²) in [7, 11) is 0. The summed E-state index contributed by atoms with van der Waals surface area (Å²) in [6.45, 7) is 5.01. The monoisotopic (exact) mass is 239 g/mol. The maximum absolute atomic E-state index is 11.3. The molecule has 0 radical (unpaired) electrons. The maximum Gasteiger partial charge on any atom is 0.327 e. The van der Waals surface area contributed by atoms with E-state index in [4.69, 9.17) is 0 Å². The zero-order valence-corrected chi connectivity index (χ0v) is 10.6. The number of ether oxygens (including phenoxy) is 1. The molecule has 2 fully saturated rings. The summed E-state index contributed by atoms with van der Waals surface area (Å²) in [6.07, 6.45) is 4.78. The van der Waals surface area contributed by atoms with Crippen LogP contribution in [0.2, 0.25) is 0 Å². The van der Waals surface area contributed by atoms with Crippen LogP contribution in [-0.4, -0.2) is 36.0 Å². The highest BCUT2D eigenvalue weighted by Gasteiger charge is 2.36. The van der Waals surface area contributed by atoms with Gasteiger partial charge in [0.2, 0.25) is 0 Å². The highest BCUT2D eigenvalue weighted by Crippen LogP contribution is 2.33. The molecule has 1 saturated carbocycles. The van der Waals surface area contributed by atoms with E-state index in [1.807, 2.05) is 4.90 Å². The summed E-state index contributed by atoms with van der Waals surface area (Å²) >= 11 is 0. The normalized spacial score (nSPS) is 31.7. The fourth-order valence-electron chi connectivity index (χ4n) is 3.18. The van der Waals surface area contributed by atoms with Crippen molar-refractivity contribution in [3.05, 3.63) is 0 Å². The van der Waals surface area contributed by atoms with E-state index in [2.05, 4.69) is 18.6 Å². The number of hydrogen-bond acceptors (Lipinski definition) is 4. The van der Waals surface area contributed by atoms with Gasteiger partial charge >= 0.3 is 11.9 Å². The fraction of sp³-hybridized carbons (Fsp3) is 0.846. The molecule has 0 spiro atoms. The van der Waals surface area contributed by atoms with Gasteiger partial charge in [0, 0.05) is 6.04 Å².